The molecule has 2 aromatic rings. The molecule has 0 aliphatic rings. The number of rotatable bonds is 2. The molecule has 0 saturated carbocycles. The molecule has 0 radical (unpaired) electrons. The summed E-state index contributed by atoms with van der Waals surface area (Å²) in [6, 6.07) is 10.8. The fraction of sp³-hybridized carbons (Fsp3) is 0.250. The molecule has 1 aromatic carbocycles. The van der Waals surface area contributed by atoms with Crippen LogP contribution >= 0.6 is 0 Å². The van der Waals surface area contributed by atoms with Gasteiger partial charge in [0.1, 0.15) is 0 Å². The van der Waals surface area contributed by atoms with Crippen molar-refractivity contribution < 1.29 is 0 Å². The van der Waals surface area contributed by atoms with Gasteiger partial charge in [-0.3, -0.25) is 0 Å². The van der Waals surface area contributed by atoms with Crippen LogP contribution in [0.4, 0.5) is 0 Å². The molecule has 0 fully saturated rings. The zero-order valence-electron chi connectivity index (χ0n) is 9.44. The minimum absolute atomic E-state index is 1.14. The van der Waals surface area contributed by atoms with E-state index in [2.05, 4.69) is 44.2 Å². The summed E-state index contributed by atoms with van der Waals surface area (Å²) in [4.78, 5) is 7.28. The fourth-order valence-electron chi connectivity index (χ4n) is 1.54. The van der Waals surface area contributed by atoms with E-state index >= 15 is 0 Å². The topological polar surface area (TPSA) is 17.8 Å². The molecule has 1 heterocycles. The first-order valence-corrected chi connectivity index (χ1v) is 15.2. The normalized spacial score (nSPS) is 11.7. The van der Waals surface area contributed by atoms with Crippen LogP contribution in [0.2, 0.25) is 14.8 Å². The van der Waals surface area contributed by atoms with E-state index in [0.29, 0.717) is 0 Å². The zero-order valence-corrected chi connectivity index (χ0v) is 12.3. The summed E-state index contributed by atoms with van der Waals surface area (Å²) < 4.78 is 3.45. The van der Waals surface area contributed by atoms with Crippen molar-refractivity contribution in [2.45, 2.75) is 14.8 Å². The monoisotopic (exact) mass is 308 g/mol. The second-order valence-electron chi connectivity index (χ2n) is 4.75. The Hall–Kier alpha value is -0.771. The molecule has 0 aliphatic heterocycles. The SMILES string of the molecule is [CH3][Sn]([CH3])([CH3])[c]1ccc(-n2cccn2)cc1. The predicted molar refractivity (Wildman–Crippen MR) is 66.5 cm³/mol. The molecule has 0 spiro atoms. The summed E-state index contributed by atoms with van der Waals surface area (Å²) in [6.07, 6.45) is 3.77. The van der Waals surface area contributed by atoms with Gasteiger partial charge in [-0.25, -0.2) is 0 Å². The van der Waals surface area contributed by atoms with Crippen molar-refractivity contribution in [1.29, 1.82) is 0 Å². The van der Waals surface area contributed by atoms with Crippen molar-refractivity contribution in [3.8, 4) is 5.69 Å². The minimum atomic E-state index is -1.88. The second kappa shape index (κ2) is 4.00. The van der Waals surface area contributed by atoms with Crippen molar-refractivity contribution in [3.05, 3.63) is 42.7 Å². The molecule has 0 amide bonds. The Morgan fingerprint density at radius 1 is 1.07 bits per heavy atom. The van der Waals surface area contributed by atoms with E-state index < -0.39 is 18.4 Å². The summed E-state index contributed by atoms with van der Waals surface area (Å²) in [7, 11) is 0. The molecule has 0 bridgehead atoms. The van der Waals surface area contributed by atoms with Gasteiger partial charge in [0, 0.05) is 0 Å². The van der Waals surface area contributed by atoms with Crippen molar-refractivity contribution in [2.75, 3.05) is 0 Å². The Morgan fingerprint density at radius 3 is 2.20 bits per heavy atom. The first kappa shape index (κ1) is 10.7. The Balaban J connectivity index is 2.33. The van der Waals surface area contributed by atoms with Gasteiger partial charge in [0.2, 0.25) is 0 Å². The van der Waals surface area contributed by atoms with Crippen LogP contribution < -0.4 is 3.58 Å². The standard InChI is InChI=1S/C9H7N2.3CH3.Sn/c1-2-5-9(6-3-1)11-8-4-7-10-11;;;;/h2-8H;3*1H3;. The molecule has 0 aliphatic carbocycles. The van der Waals surface area contributed by atoms with Crippen LogP contribution in [0.1, 0.15) is 0 Å². The van der Waals surface area contributed by atoms with E-state index in [1.54, 1.807) is 9.78 Å². The van der Waals surface area contributed by atoms with Gasteiger partial charge in [-0.15, -0.1) is 0 Å². The molecular weight excluding hydrogens is 291 g/mol. The van der Waals surface area contributed by atoms with Crippen molar-refractivity contribution in [3.63, 3.8) is 0 Å². The first-order chi connectivity index (χ1) is 7.07. The molecule has 0 N–H and O–H groups in total. The molecule has 15 heavy (non-hydrogen) atoms. The van der Waals surface area contributed by atoms with E-state index in [-0.39, 0.29) is 0 Å². The summed E-state index contributed by atoms with van der Waals surface area (Å²) in [5.74, 6) is 0. The molecule has 2 rings (SSSR count). The van der Waals surface area contributed by atoms with E-state index in [1.807, 2.05) is 16.9 Å². The molecule has 0 unspecified atom stereocenters. The predicted octanol–water partition coefficient (Wildman–Crippen LogP) is 2.42. The summed E-state index contributed by atoms with van der Waals surface area (Å²) in [5.41, 5.74) is 1.14. The Bertz CT molecular complexity index is 424. The zero-order chi connectivity index (χ0) is 10.9. The third-order valence-corrected chi connectivity index (χ3v) is 8.40. The summed E-state index contributed by atoms with van der Waals surface area (Å²) >= 11 is -1.88. The van der Waals surface area contributed by atoms with Gasteiger partial charge in [0.15, 0.2) is 0 Å². The quantitative estimate of drug-likeness (QED) is 0.779. The number of benzene rings is 1. The summed E-state index contributed by atoms with van der Waals surface area (Å²) in [5, 5.41) is 4.21. The van der Waals surface area contributed by atoms with Gasteiger partial charge in [-0.1, -0.05) is 0 Å². The maximum absolute atomic E-state index is 4.21. The number of aromatic nitrogens is 2. The second-order valence-corrected chi connectivity index (χ2v) is 19.2. The fourth-order valence-corrected chi connectivity index (χ4v) is 4.87. The Labute approximate surface area is 94.8 Å². The Morgan fingerprint density at radius 2 is 1.73 bits per heavy atom. The molecule has 78 valence electrons. The van der Waals surface area contributed by atoms with E-state index in [9.17, 15) is 0 Å². The van der Waals surface area contributed by atoms with Crippen LogP contribution in [0, 0.1) is 0 Å². The van der Waals surface area contributed by atoms with Crippen LogP contribution in [-0.2, 0) is 0 Å². The molecule has 1 aromatic heterocycles. The number of nitrogens with zero attached hydrogens (tertiary/aromatic N) is 2. The van der Waals surface area contributed by atoms with E-state index in [4.69, 9.17) is 0 Å². The average Bonchev–Trinajstić information content (AvgIpc) is 2.69. The van der Waals surface area contributed by atoms with Gasteiger partial charge in [-0.05, 0) is 0 Å². The third-order valence-electron chi connectivity index (χ3n) is 2.50. The maximum atomic E-state index is 4.21. The van der Waals surface area contributed by atoms with Crippen LogP contribution in [0.3, 0.4) is 0 Å². The average molecular weight is 307 g/mol. The van der Waals surface area contributed by atoms with Gasteiger partial charge >= 0.3 is 95.0 Å². The van der Waals surface area contributed by atoms with Gasteiger partial charge in [0.05, 0.1) is 0 Å². The van der Waals surface area contributed by atoms with Gasteiger partial charge < -0.3 is 0 Å². The van der Waals surface area contributed by atoms with E-state index in [1.165, 1.54) is 0 Å². The van der Waals surface area contributed by atoms with Crippen molar-refractivity contribution in [2.24, 2.45) is 0 Å². The van der Waals surface area contributed by atoms with Crippen LogP contribution in [0.25, 0.3) is 5.69 Å². The molecular formula is C12H16N2Sn. The third kappa shape index (κ3) is 2.42. The van der Waals surface area contributed by atoms with Gasteiger partial charge in [-0.2, -0.15) is 0 Å². The molecule has 0 atom stereocenters. The molecule has 3 heteroatoms. The molecule has 0 saturated heterocycles. The number of hydrogen-bond donors (Lipinski definition) is 0. The Kier molecular flexibility index (Phi) is 2.87. The molecule has 2 nitrogen and oxygen atoms in total. The van der Waals surface area contributed by atoms with Gasteiger partial charge in [0.25, 0.3) is 0 Å². The summed E-state index contributed by atoms with van der Waals surface area (Å²) in [6.45, 7) is 0. The van der Waals surface area contributed by atoms with Crippen molar-refractivity contribution >= 4 is 22.0 Å². The van der Waals surface area contributed by atoms with Crippen LogP contribution in [0.5, 0.6) is 0 Å². The van der Waals surface area contributed by atoms with Crippen molar-refractivity contribution in [1.82, 2.24) is 9.78 Å². The first-order valence-electron chi connectivity index (χ1n) is 5.18. The van der Waals surface area contributed by atoms with E-state index in [0.717, 1.165) is 5.69 Å². The van der Waals surface area contributed by atoms with Crippen LogP contribution in [0.15, 0.2) is 42.7 Å². The number of hydrogen-bond acceptors (Lipinski definition) is 1. The van der Waals surface area contributed by atoms with Crippen LogP contribution in [-0.4, -0.2) is 28.2 Å².